The molecule has 25 heavy (non-hydrogen) atoms. The molecule has 0 saturated heterocycles. The Balaban J connectivity index is 1.96. The topological polar surface area (TPSA) is 93.5 Å². The maximum Gasteiger partial charge on any atom is 0.291 e. The Kier molecular flexibility index (Phi) is 4.36. The van der Waals surface area contributed by atoms with Crippen molar-refractivity contribution < 1.29 is 17.6 Å². The SMILES string of the molecule is CS(=O)(=O)c1cccc(NC(=O)c2cc(=O)c3cc(Cl)ccc3o2)c1. The Morgan fingerprint density at radius 1 is 1.12 bits per heavy atom. The highest BCUT2D eigenvalue weighted by Crippen LogP contribution is 2.19. The van der Waals surface area contributed by atoms with Crippen molar-refractivity contribution in [3.63, 3.8) is 0 Å². The maximum atomic E-state index is 12.3. The van der Waals surface area contributed by atoms with Crippen LogP contribution in [0.4, 0.5) is 5.69 Å². The number of hydrogen-bond acceptors (Lipinski definition) is 5. The van der Waals surface area contributed by atoms with Crippen molar-refractivity contribution >= 4 is 44.0 Å². The van der Waals surface area contributed by atoms with Gasteiger partial charge in [-0.2, -0.15) is 0 Å². The largest absolute Gasteiger partial charge is 0.451 e. The summed E-state index contributed by atoms with van der Waals surface area (Å²) in [5, 5.41) is 3.16. The number of carbonyl (C=O) groups is 1. The second-order valence-electron chi connectivity index (χ2n) is 5.37. The quantitative estimate of drug-likeness (QED) is 0.756. The molecule has 1 aromatic heterocycles. The van der Waals surface area contributed by atoms with E-state index in [2.05, 4.69) is 5.32 Å². The van der Waals surface area contributed by atoms with Gasteiger partial charge in [-0.1, -0.05) is 17.7 Å². The monoisotopic (exact) mass is 377 g/mol. The molecule has 0 saturated carbocycles. The highest BCUT2D eigenvalue weighted by atomic mass is 35.5. The van der Waals surface area contributed by atoms with Crippen LogP contribution >= 0.6 is 11.6 Å². The lowest BCUT2D eigenvalue weighted by Gasteiger charge is -2.07. The van der Waals surface area contributed by atoms with Crippen molar-refractivity contribution in [2.45, 2.75) is 4.90 Å². The summed E-state index contributed by atoms with van der Waals surface area (Å²) in [6.45, 7) is 0. The van der Waals surface area contributed by atoms with Gasteiger partial charge in [0.1, 0.15) is 5.58 Å². The average Bonchev–Trinajstić information content (AvgIpc) is 2.55. The molecule has 0 aliphatic heterocycles. The minimum Gasteiger partial charge on any atom is -0.451 e. The van der Waals surface area contributed by atoms with E-state index >= 15 is 0 Å². The molecule has 0 fully saturated rings. The summed E-state index contributed by atoms with van der Waals surface area (Å²) in [6, 6.07) is 11.4. The highest BCUT2D eigenvalue weighted by Gasteiger charge is 2.14. The molecule has 6 nitrogen and oxygen atoms in total. The molecule has 0 aliphatic rings. The van der Waals surface area contributed by atoms with Crippen LogP contribution in [0, 0.1) is 0 Å². The molecule has 1 N–H and O–H groups in total. The van der Waals surface area contributed by atoms with Crippen molar-refractivity contribution in [1.29, 1.82) is 0 Å². The Morgan fingerprint density at radius 2 is 1.88 bits per heavy atom. The van der Waals surface area contributed by atoms with Crippen molar-refractivity contribution in [3.05, 3.63) is 69.5 Å². The van der Waals surface area contributed by atoms with Gasteiger partial charge in [-0.25, -0.2) is 8.42 Å². The lowest BCUT2D eigenvalue weighted by molar-refractivity contribution is 0.0997. The number of carbonyl (C=O) groups excluding carboxylic acids is 1. The van der Waals surface area contributed by atoms with E-state index in [4.69, 9.17) is 16.0 Å². The van der Waals surface area contributed by atoms with E-state index in [1.54, 1.807) is 6.07 Å². The second kappa shape index (κ2) is 6.34. The molecule has 128 valence electrons. The molecule has 0 radical (unpaired) electrons. The third-order valence-corrected chi connectivity index (χ3v) is 4.78. The number of anilines is 1. The zero-order valence-electron chi connectivity index (χ0n) is 12.9. The van der Waals surface area contributed by atoms with Crippen molar-refractivity contribution in [1.82, 2.24) is 0 Å². The van der Waals surface area contributed by atoms with E-state index in [-0.39, 0.29) is 27.3 Å². The van der Waals surface area contributed by atoms with E-state index in [9.17, 15) is 18.0 Å². The fraction of sp³-hybridized carbons (Fsp3) is 0.0588. The molecule has 1 heterocycles. The van der Waals surface area contributed by atoms with Gasteiger partial charge in [0.2, 0.25) is 0 Å². The predicted molar refractivity (Wildman–Crippen MR) is 95.0 cm³/mol. The van der Waals surface area contributed by atoms with E-state index in [1.165, 1.54) is 36.4 Å². The summed E-state index contributed by atoms with van der Waals surface area (Å²) in [6.07, 6.45) is 1.07. The van der Waals surface area contributed by atoms with Crippen LogP contribution in [0.15, 0.2) is 62.6 Å². The summed E-state index contributed by atoms with van der Waals surface area (Å²) in [7, 11) is -3.40. The highest BCUT2D eigenvalue weighted by molar-refractivity contribution is 7.90. The van der Waals surface area contributed by atoms with Crippen molar-refractivity contribution in [3.8, 4) is 0 Å². The molecule has 3 rings (SSSR count). The molecular weight excluding hydrogens is 366 g/mol. The number of hydrogen-bond donors (Lipinski definition) is 1. The van der Waals surface area contributed by atoms with Gasteiger partial charge in [0, 0.05) is 23.0 Å². The molecular formula is C17H12ClNO5S. The van der Waals surface area contributed by atoms with E-state index in [0.717, 1.165) is 12.3 Å². The summed E-state index contributed by atoms with van der Waals surface area (Å²) in [4.78, 5) is 24.5. The first kappa shape index (κ1) is 17.2. The number of nitrogens with one attached hydrogen (secondary N) is 1. The average molecular weight is 378 g/mol. The lowest BCUT2D eigenvalue weighted by Crippen LogP contribution is -2.15. The first-order valence-electron chi connectivity index (χ1n) is 7.09. The van der Waals surface area contributed by atoms with Gasteiger partial charge in [0.15, 0.2) is 21.0 Å². The van der Waals surface area contributed by atoms with Crippen molar-refractivity contribution in [2.75, 3.05) is 11.6 Å². The van der Waals surface area contributed by atoms with Crippen LogP contribution in [0.5, 0.6) is 0 Å². The summed E-state index contributed by atoms with van der Waals surface area (Å²) in [5.41, 5.74) is 0.0949. The Morgan fingerprint density at radius 3 is 2.60 bits per heavy atom. The minimum absolute atomic E-state index is 0.0694. The Bertz CT molecular complexity index is 1150. The van der Waals surface area contributed by atoms with Gasteiger partial charge in [0.25, 0.3) is 5.91 Å². The third kappa shape index (κ3) is 3.72. The number of rotatable bonds is 3. The Labute approximate surface area is 148 Å². The van der Waals surface area contributed by atoms with Crippen LogP contribution in [0.2, 0.25) is 5.02 Å². The molecule has 2 aromatic carbocycles. The van der Waals surface area contributed by atoms with Gasteiger partial charge in [0.05, 0.1) is 10.3 Å². The normalized spacial score (nSPS) is 11.4. The standard InChI is InChI=1S/C17H12ClNO5S/c1-25(22,23)12-4-2-3-11(8-12)19-17(21)16-9-14(20)13-7-10(18)5-6-15(13)24-16/h2-9H,1H3,(H,19,21). The number of amides is 1. The first-order chi connectivity index (χ1) is 11.7. The van der Waals surface area contributed by atoms with Crippen LogP contribution in [0.3, 0.4) is 0 Å². The molecule has 0 spiro atoms. The first-order valence-corrected chi connectivity index (χ1v) is 9.36. The van der Waals surface area contributed by atoms with Crippen molar-refractivity contribution in [2.24, 2.45) is 0 Å². The molecule has 0 atom stereocenters. The maximum absolute atomic E-state index is 12.3. The van der Waals surface area contributed by atoms with E-state index in [0.29, 0.717) is 5.02 Å². The molecule has 0 bridgehead atoms. The van der Waals surface area contributed by atoms with Crippen LogP contribution in [0.25, 0.3) is 11.0 Å². The zero-order valence-corrected chi connectivity index (χ0v) is 14.5. The number of halogens is 1. The molecule has 0 unspecified atom stereocenters. The summed E-state index contributed by atoms with van der Waals surface area (Å²) < 4.78 is 28.6. The predicted octanol–water partition coefficient (Wildman–Crippen LogP) is 3.10. The second-order valence-corrected chi connectivity index (χ2v) is 7.82. The van der Waals surface area contributed by atoms with Gasteiger partial charge >= 0.3 is 0 Å². The number of sulfone groups is 1. The van der Waals surface area contributed by atoms with Gasteiger partial charge in [-0.05, 0) is 36.4 Å². The lowest BCUT2D eigenvalue weighted by atomic mass is 10.2. The van der Waals surface area contributed by atoms with Crippen LogP contribution < -0.4 is 10.7 Å². The minimum atomic E-state index is -3.40. The third-order valence-electron chi connectivity index (χ3n) is 3.43. The molecule has 8 heteroatoms. The summed E-state index contributed by atoms with van der Waals surface area (Å²) in [5.74, 6) is -0.857. The van der Waals surface area contributed by atoms with Crippen LogP contribution in [-0.4, -0.2) is 20.6 Å². The molecule has 0 aliphatic carbocycles. The molecule has 1 amide bonds. The number of fused-ring (bicyclic) bond motifs is 1. The smallest absolute Gasteiger partial charge is 0.291 e. The summed E-state index contributed by atoms with van der Waals surface area (Å²) >= 11 is 5.84. The zero-order chi connectivity index (χ0) is 18.2. The van der Waals surface area contributed by atoms with Gasteiger partial charge < -0.3 is 9.73 Å². The number of benzene rings is 2. The fourth-order valence-corrected chi connectivity index (χ4v) is 3.08. The van der Waals surface area contributed by atoms with Gasteiger partial charge in [-0.15, -0.1) is 0 Å². The molecule has 3 aromatic rings. The van der Waals surface area contributed by atoms with Crippen LogP contribution in [0.1, 0.15) is 10.6 Å². The van der Waals surface area contributed by atoms with Gasteiger partial charge in [-0.3, -0.25) is 9.59 Å². The fourth-order valence-electron chi connectivity index (χ4n) is 2.24. The van der Waals surface area contributed by atoms with E-state index in [1.807, 2.05) is 0 Å². The van der Waals surface area contributed by atoms with Crippen LogP contribution in [-0.2, 0) is 9.84 Å². The Hall–Kier alpha value is -2.64. The van der Waals surface area contributed by atoms with E-state index < -0.39 is 21.2 Å².